The molecular weight excluding hydrogens is 214 g/mol. The zero-order chi connectivity index (χ0) is 12.8. The van der Waals surface area contributed by atoms with Gasteiger partial charge in [-0.25, -0.2) is 0 Å². The van der Waals surface area contributed by atoms with Gasteiger partial charge in [-0.2, -0.15) is 0 Å². The molecule has 0 aromatic heterocycles. The molecular formula is C13H27N3O. The van der Waals surface area contributed by atoms with Crippen LogP contribution in [0.5, 0.6) is 0 Å². The minimum atomic E-state index is 0.314. The Labute approximate surface area is 105 Å². The maximum atomic E-state index is 12.1. The normalized spacial score (nSPS) is 23.8. The van der Waals surface area contributed by atoms with Crippen LogP contribution in [0.15, 0.2) is 0 Å². The van der Waals surface area contributed by atoms with Crippen LogP contribution in [0.3, 0.4) is 0 Å². The molecule has 1 amide bonds. The Hall–Kier alpha value is -0.610. The average molecular weight is 241 g/mol. The van der Waals surface area contributed by atoms with Gasteiger partial charge in [0.2, 0.25) is 5.91 Å². The molecule has 0 aromatic carbocycles. The molecule has 0 bridgehead atoms. The third kappa shape index (κ3) is 4.64. The van der Waals surface area contributed by atoms with E-state index in [1.807, 2.05) is 4.90 Å². The minimum absolute atomic E-state index is 0.314. The number of nitrogens with two attached hydrogens (primary N) is 1. The van der Waals surface area contributed by atoms with E-state index in [0.717, 1.165) is 39.0 Å². The summed E-state index contributed by atoms with van der Waals surface area (Å²) in [5.41, 5.74) is 5.52. The van der Waals surface area contributed by atoms with Crippen LogP contribution < -0.4 is 5.73 Å². The van der Waals surface area contributed by atoms with E-state index in [4.69, 9.17) is 5.73 Å². The summed E-state index contributed by atoms with van der Waals surface area (Å²) in [5.74, 6) is 0.876. The molecule has 1 aliphatic rings. The summed E-state index contributed by atoms with van der Waals surface area (Å²) in [6, 6.07) is 0.353. The first-order chi connectivity index (χ1) is 8.04. The summed E-state index contributed by atoms with van der Waals surface area (Å²) in [6.45, 7) is 7.89. The number of nitrogens with zero attached hydrogens (tertiary/aromatic N) is 2. The molecule has 1 heterocycles. The van der Waals surface area contributed by atoms with Gasteiger partial charge in [0.05, 0.1) is 0 Å². The second kappa shape index (κ2) is 6.97. The van der Waals surface area contributed by atoms with Crippen LogP contribution >= 0.6 is 0 Å². The van der Waals surface area contributed by atoms with Crippen molar-refractivity contribution in [3.63, 3.8) is 0 Å². The van der Waals surface area contributed by atoms with Gasteiger partial charge in [-0.05, 0) is 39.3 Å². The summed E-state index contributed by atoms with van der Waals surface area (Å²) >= 11 is 0. The Bertz CT molecular complexity index is 245. The van der Waals surface area contributed by atoms with Gasteiger partial charge in [0.1, 0.15) is 0 Å². The van der Waals surface area contributed by atoms with E-state index in [0.29, 0.717) is 24.3 Å². The van der Waals surface area contributed by atoms with Gasteiger partial charge < -0.3 is 15.5 Å². The Morgan fingerprint density at radius 1 is 1.41 bits per heavy atom. The van der Waals surface area contributed by atoms with Crippen LogP contribution in [-0.2, 0) is 4.79 Å². The van der Waals surface area contributed by atoms with Crippen molar-refractivity contribution in [2.24, 2.45) is 11.7 Å². The molecule has 0 aliphatic carbocycles. The van der Waals surface area contributed by atoms with Crippen molar-refractivity contribution in [2.75, 3.05) is 33.2 Å². The number of rotatable bonds is 5. The molecule has 0 saturated carbocycles. The number of amides is 1. The third-order valence-electron chi connectivity index (χ3n) is 3.66. The van der Waals surface area contributed by atoms with Crippen molar-refractivity contribution in [1.29, 1.82) is 0 Å². The zero-order valence-corrected chi connectivity index (χ0v) is 11.5. The summed E-state index contributed by atoms with van der Waals surface area (Å²) in [7, 11) is 2.11. The number of piperazine rings is 1. The SMILES string of the molecule is CC(CCN)CCC(=O)N1CCN(C)CC1C. The van der Waals surface area contributed by atoms with Crippen LogP contribution in [0.2, 0.25) is 0 Å². The Kier molecular flexibility index (Phi) is 5.92. The molecule has 0 aromatic rings. The largest absolute Gasteiger partial charge is 0.337 e. The van der Waals surface area contributed by atoms with E-state index in [1.54, 1.807) is 0 Å². The molecule has 2 unspecified atom stereocenters. The predicted molar refractivity (Wildman–Crippen MR) is 70.7 cm³/mol. The topological polar surface area (TPSA) is 49.6 Å². The first-order valence-corrected chi connectivity index (χ1v) is 6.72. The lowest BCUT2D eigenvalue weighted by Gasteiger charge is -2.38. The van der Waals surface area contributed by atoms with Gasteiger partial charge in [0.25, 0.3) is 0 Å². The van der Waals surface area contributed by atoms with Gasteiger partial charge in [-0.1, -0.05) is 6.92 Å². The molecule has 1 fully saturated rings. The molecule has 1 aliphatic heterocycles. The fraction of sp³-hybridized carbons (Fsp3) is 0.923. The highest BCUT2D eigenvalue weighted by Crippen LogP contribution is 2.14. The zero-order valence-electron chi connectivity index (χ0n) is 11.5. The van der Waals surface area contributed by atoms with Crippen molar-refractivity contribution in [2.45, 2.75) is 39.2 Å². The summed E-state index contributed by atoms with van der Waals surface area (Å²) < 4.78 is 0. The molecule has 100 valence electrons. The van der Waals surface area contributed by atoms with Gasteiger partial charge >= 0.3 is 0 Å². The van der Waals surface area contributed by atoms with Crippen LogP contribution in [0, 0.1) is 5.92 Å². The van der Waals surface area contributed by atoms with Crippen LogP contribution in [0.4, 0.5) is 0 Å². The monoisotopic (exact) mass is 241 g/mol. The molecule has 1 saturated heterocycles. The Morgan fingerprint density at radius 2 is 2.12 bits per heavy atom. The van der Waals surface area contributed by atoms with Crippen molar-refractivity contribution >= 4 is 5.91 Å². The second-order valence-corrected chi connectivity index (χ2v) is 5.42. The predicted octanol–water partition coefficient (Wildman–Crippen LogP) is 0.914. The lowest BCUT2D eigenvalue weighted by molar-refractivity contribution is -0.135. The molecule has 4 heteroatoms. The summed E-state index contributed by atoms with van der Waals surface area (Å²) in [6.07, 6.45) is 2.66. The third-order valence-corrected chi connectivity index (χ3v) is 3.66. The number of carbonyl (C=O) groups excluding carboxylic acids is 1. The number of likely N-dealkylation sites (N-methyl/N-ethyl adjacent to an activating group) is 1. The first kappa shape index (κ1) is 14.5. The quantitative estimate of drug-likeness (QED) is 0.778. The first-order valence-electron chi connectivity index (χ1n) is 6.72. The molecule has 17 heavy (non-hydrogen) atoms. The fourth-order valence-corrected chi connectivity index (χ4v) is 2.45. The Morgan fingerprint density at radius 3 is 2.71 bits per heavy atom. The number of hydrogen-bond donors (Lipinski definition) is 1. The van der Waals surface area contributed by atoms with Gasteiger partial charge in [0, 0.05) is 32.1 Å². The summed E-state index contributed by atoms with van der Waals surface area (Å²) in [5, 5.41) is 0. The van der Waals surface area contributed by atoms with Crippen molar-refractivity contribution in [3.8, 4) is 0 Å². The van der Waals surface area contributed by atoms with Gasteiger partial charge in [0.15, 0.2) is 0 Å². The lowest BCUT2D eigenvalue weighted by Crippen LogP contribution is -2.52. The maximum Gasteiger partial charge on any atom is 0.222 e. The Balaban J connectivity index is 2.32. The second-order valence-electron chi connectivity index (χ2n) is 5.42. The lowest BCUT2D eigenvalue weighted by atomic mass is 10.0. The maximum absolute atomic E-state index is 12.1. The van der Waals surface area contributed by atoms with Crippen molar-refractivity contribution < 1.29 is 4.79 Å². The van der Waals surface area contributed by atoms with E-state index in [9.17, 15) is 4.79 Å². The molecule has 1 rings (SSSR count). The van der Waals surface area contributed by atoms with E-state index in [2.05, 4.69) is 25.8 Å². The van der Waals surface area contributed by atoms with Gasteiger partial charge in [-0.3, -0.25) is 4.79 Å². The summed E-state index contributed by atoms with van der Waals surface area (Å²) in [4.78, 5) is 16.4. The molecule has 0 radical (unpaired) electrons. The highest BCUT2D eigenvalue weighted by molar-refractivity contribution is 5.76. The van der Waals surface area contributed by atoms with Crippen molar-refractivity contribution in [1.82, 2.24) is 9.80 Å². The molecule has 0 spiro atoms. The molecule has 2 atom stereocenters. The van der Waals surface area contributed by atoms with E-state index < -0.39 is 0 Å². The van der Waals surface area contributed by atoms with E-state index in [-0.39, 0.29) is 0 Å². The number of carbonyl (C=O) groups is 1. The van der Waals surface area contributed by atoms with Crippen LogP contribution in [0.25, 0.3) is 0 Å². The molecule has 4 nitrogen and oxygen atoms in total. The average Bonchev–Trinajstić information content (AvgIpc) is 2.26. The molecule has 2 N–H and O–H groups in total. The van der Waals surface area contributed by atoms with E-state index in [1.165, 1.54) is 0 Å². The standard InChI is InChI=1S/C13H27N3O/c1-11(6-7-14)4-5-13(17)16-9-8-15(3)10-12(16)2/h11-12H,4-10,14H2,1-3H3. The van der Waals surface area contributed by atoms with Crippen LogP contribution in [-0.4, -0.2) is 55.0 Å². The van der Waals surface area contributed by atoms with Crippen LogP contribution in [0.1, 0.15) is 33.1 Å². The minimum Gasteiger partial charge on any atom is -0.337 e. The highest BCUT2D eigenvalue weighted by Gasteiger charge is 2.25. The highest BCUT2D eigenvalue weighted by atomic mass is 16.2. The number of hydrogen-bond acceptors (Lipinski definition) is 3. The fourth-order valence-electron chi connectivity index (χ4n) is 2.45. The van der Waals surface area contributed by atoms with Crippen molar-refractivity contribution in [3.05, 3.63) is 0 Å². The van der Waals surface area contributed by atoms with Gasteiger partial charge in [-0.15, -0.1) is 0 Å². The smallest absolute Gasteiger partial charge is 0.222 e. The van der Waals surface area contributed by atoms with E-state index >= 15 is 0 Å².